The molecule has 1 aliphatic heterocycles. The fourth-order valence-corrected chi connectivity index (χ4v) is 3.71. The average molecular weight is 391 g/mol. The second kappa shape index (κ2) is 7.95. The Morgan fingerprint density at radius 1 is 1.28 bits per heavy atom. The lowest BCUT2D eigenvalue weighted by Gasteiger charge is -2.23. The molecule has 0 radical (unpaired) electrons. The maximum Gasteiger partial charge on any atom is 0.255 e. The summed E-state index contributed by atoms with van der Waals surface area (Å²) >= 11 is 0. The lowest BCUT2D eigenvalue weighted by Crippen LogP contribution is -2.38. The Kier molecular flexibility index (Phi) is 5.20. The van der Waals surface area contributed by atoms with E-state index in [1.54, 1.807) is 36.0 Å². The van der Waals surface area contributed by atoms with Gasteiger partial charge in [0.1, 0.15) is 5.82 Å². The molecule has 0 saturated carbocycles. The van der Waals surface area contributed by atoms with Crippen LogP contribution in [-0.4, -0.2) is 57.8 Å². The van der Waals surface area contributed by atoms with E-state index in [0.29, 0.717) is 25.2 Å². The van der Waals surface area contributed by atoms with Gasteiger partial charge in [-0.2, -0.15) is 0 Å². The number of aromatic amines is 1. The molecule has 1 aromatic carbocycles. The Labute approximate surface area is 169 Å². The van der Waals surface area contributed by atoms with Crippen LogP contribution in [0, 0.1) is 0 Å². The maximum absolute atomic E-state index is 12.7. The Balaban J connectivity index is 1.35. The number of nitrogens with one attached hydrogen (secondary N) is 2. The molecule has 2 aromatic heterocycles. The first kappa shape index (κ1) is 19.0. The molecule has 1 saturated heterocycles. The van der Waals surface area contributed by atoms with E-state index in [9.17, 15) is 9.59 Å². The number of hydrogen-bond donors (Lipinski definition) is 2. The molecule has 1 aliphatic rings. The van der Waals surface area contributed by atoms with E-state index in [2.05, 4.69) is 39.6 Å². The summed E-state index contributed by atoms with van der Waals surface area (Å²) in [7, 11) is 1.79. The van der Waals surface area contributed by atoms with Gasteiger partial charge in [0, 0.05) is 51.5 Å². The topological polar surface area (TPSA) is 81.3 Å². The van der Waals surface area contributed by atoms with Crippen molar-refractivity contribution >= 4 is 28.5 Å². The highest BCUT2D eigenvalue weighted by molar-refractivity contribution is 5.94. The monoisotopic (exact) mass is 391 g/mol. The Bertz CT molecular complexity index is 1030. The lowest BCUT2D eigenvalue weighted by atomic mass is 10.1. The van der Waals surface area contributed by atoms with E-state index in [0.717, 1.165) is 23.3 Å². The molecule has 150 valence electrons. The van der Waals surface area contributed by atoms with Crippen molar-refractivity contribution in [1.29, 1.82) is 0 Å². The van der Waals surface area contributed by atoms with Gasteiger partial charge in [-0.3, -0.25) is 9.59 Å². The minimum atomic E-state index is -0.0404. The number of benzene rings is 1. The van der Waals surface area contributed by atoms with Gasteiger partial charge < -0.3 is 20.1 Å². The van der Waals surface area contributed by atoms with Crippen molar-refractivity contribution in [3.05, 3.63) is 59.9 Å². The standard InChI is InChI=1S/C22H25N5O2/c1-15(28)26(2)19-8-10-27(14-19)22(29)18-4-6-21(25-13-18)24-12-16-3-5-20-17(11-16)7-9-23-20/h3-7,9,11,13,19,23H,8,10,12,14H2,1-2H3,(H,24,25)/t19-/m0/s1. The Morgan fingerprint density at radius 2 is 2.14 bits per heavy atom. The van der Waals surface area contributed by atoms with Crippen molar-refractivity contribution in [2.24, 2.45) is 0 Å². The summed E-state index contributed by atoms with van der Waals surface area (Å²) in [5.74, 6) is 0.713. The minimum absolute atomic E-state index is 0.0250. The number of carbonyl (C=O) groups is 2. The van der Waals surface area contributed by atoms with E-state index in [1.165, 1.54) is 5.39 Å². The number of pyridine rings is 1. The van der Waals surface area contributed by atoms with Gasteiger partial charge in [-0.05, 0) is 47.7 Å². The van der Waals surface area contributed by atoms with E-state index < -0.39 is 0 Å². The van der Waals surface area contributed by atoms with Crippen LogP contribution in [0.3, 0.4) is 0 Å². The first-order valence-corrected chi connectivity index (χ1v) is 9.80. The normalized spacial score (nSPS) is 16.2. The molecule has 3 aromatic rings. The van der Waals surface area contributed by atoms with Gasteiger partial charge >= 0.3 is 0 Å². The molecule has 0 unspecified atom stereocenters. The zero-order chi connectivity index (χ0) is 20.4. The predicted octanol–water partition coefficient (Wildman–Crippen LogP) is 2.87. The number of nitrogens with zero attached hydrogens (tertiary/aromatic N) is 3. The Hall–Kier alpha value is -3.35. The number of amides is 2. The van der Waals surface area contributed by atoms with E-state index in [4.69, 9.17) is 0 Å². The number of rotatable bonds is 5. The summed E-state index contributed by atoms with van der Waals surface area (Å²) in [6, 6.07) is 12.0. The van der Waals surface area contributed by atoms with Gasteiger partial charge in [0.05, 0.1) is 11.6 Å². The number of aromatic nitrogens is 2. The summed E-state index contributed by atoms with van der Waals surface area (Å²) in [5.41, 5.74) is 2.85. The molecule has 3 heterocycles. The molecular weight excluding hydrogens is 366 g/mol. The predicted molar refractivity (Wildman–Crippen MR) is 113 cm³/mol. The van der Waals surface area contributed by atoms with Crippen LogP contribution in [0.25, 0.3) is 10.9 Å². The Morgan fingerprint density at radius 3 is 2.90 bits per heavy atom. The van der Waals surface area contributed by atoms with Gasteiger partial charge in [0.25, 0.3) is 5.91 Å². The summed E-state index contributed by atoms with van der Waals surface area (Å²) in [5, 5.41) is 4.48. The zero-order valence-corrected chi connectivity index (χ0v) is 16.7. The number of H-pyrrole nitrogens is 1. The highest BCUT2D eigenvalue weighted by Crippen LogP contribution is 2.19. The third-order valence-electron chi connectivity index (χ3n) is 5.60. The highest BCUT2D eigenvalue weighted by atomic mass is 16.2. The van der Waals surface area contributed by atoms with Crippen LogP contribution in [0.1, 0.15) is 29.3 Å². The number of fused-ring (bicyclic) bond motifs is 1. The smallest absolute Gasteiger partial charge is 0.255 e. The van der Waals surface area contributed by atoms with Crippen LogP contribution >= 0.6 is 0 Å². The van der Waals surface area contributed by atoms with Crippen LogP contribution in [0.5, 0.6) is 0 Å². The number of carbonyl (C=O) groups excluding carboxylic acids is 2. The van der Waals surface area contributed by atoms with Gasteiger partial charge in [-0.15, -0.1) is 0 Å². The van der Waals surface area contributed by atoms with Gasteiger partial charge in [-0.1, -0.05) is 6.07 Å². The third kappa shape index (κ3) is 4.08. The third-order valence-corrected chi connectivity index (χ3v) is 5.60. The van der Waals surface area contributed by atoms with Gasteiger partial charge in [0.15, 0.2) is 0 Å². The second-order valence-electron chi connectivity index (χ2n) is 7.51. The van der Waals surface area contributed by atoms with Gasteiger partial charge in [-0.25, -0.2) is 4.98 Å². The molecule has 7 heteroatoms. The summed E-state index contributed by atoms with van der Waals surface area (Å²) in [6.07, 6.45) is 4.35. The van der Waals surface area contributed by atoms with Crippen LogP contribution in [0.4, 0.5) is 5.82 Å². The summed E-state index contributed by atoms with van der Waals surface area (Å²) in [6.45, 7) is 3.43. The SMILES string of the molecule is CC(=O)N(C)[C@H]1CCN(C(=O)c2ccc(NCc3ccc4[nH]ccc4c3)nc2)C1. The van der Waals surface area contributed by atoms with E-state index >= 15 is 0 Å². The van der Waals surface area contributed by atoms with E-state index in [-0.39, 0.29) is 17.9 Å². The number of likely N-dealkylation sites (N-methyl/N-ethyl adjacent to an activating group) is 1. The van der Waals surface area contributed by atoms with Crippen LogP contribution in [-0.2, 0) is 11.3 Å². The molecule has 4 rings (SSSR count). The lowest BCUT2D eigenvalue weighted by molar-refractivity contribution is -0.129. The first-order valence-electron chi connectivity index (χ1n) is 9.80. The molecule has 0 aliphatic carbocycles. The molecule has 0 bridgehead atoms. The average Bonchev–Trinajstić information content (AvgIpc) is 3.40. The van der Waals surface area contributed by atoms with E-state index in [1.807, 2.05) is 12.3 Å². The fourth-order valence-electron chi connectivity index (χ4n) is 3.71. The summed E-state index contributed by atoms with van der Waals surface area (Å²) in [4.78, 5) is 35.3. The molecule has 1 fully saturated rings. The number of likely N-dealkylation sites (tertiary alicyclic amines) is 1. The molecule has 29 heavy (non-hydrogen) atoms. The molecule has 1 atom stereocenters. The molecular formula is C22H25N5O2. The van der Waals surface area contributed by atoms with Crippen LogP contribution < -0.4 is 5.32 Å². The second-order valence-corrected chi connectivity index (χ2v) is 7.51. The largest absolute Gasteiger partial charge is 0.366 e. The molecule has 2 amide bonds. The van der Waals surface area contributed by atoms with Crippen molar-refractivity contribution in [2.45, 2.75) is 25.9 Å². The van der Waals surface area contributed by atoms with Crippen LogP contribution in [0.2, 0.25) is 0 Å². The van der Waals surface area contributed by atoms with Crippen LogP contribution in [0.15, 0.2) is 48.8 Å². The van der Waals surface area contributed by atoms with Gasteiger partial charge in [0.2, 0.25) is 5.91 Å². The molecule has 2 N–H and O–H groups in total. The molecule has 0 spiro atoms. The zero-order valence-electron chi connectivity index (χ0n) is 16.7. The van der Waals surface area contributed by atoms with Crippen molar-refractivity contribution in [1.82, 2.24) is 19.8 Å². The van der Waals surface area contributed by atoms with Crippen molar-refractivity contribution in [2.75, 3.05) is 25.5 Å². The highest BCUT2D eigenvalue weighted by Gasteiger charge is 2.30. The summed E-state index contributed by atoms with van der Waals surface area (Å²) < 4.78 is 0. The van der Waals surface area contributed by atoms with Crippen molar-refractivity contribution < 1.29 is 9.59 Å². The first-order chi connectivity index (χ1) is 14.0. The number of hydrogen-bond acceptors (Lipinski definition) is 4. The minimum Gasteiger partial charge on any atom is -0.366 e. The maximum atomic E-state index is 12.7. The van der Waals surface area contributed by atoms with Crippen molar-refractivity contribution in [3.63, 3.8) is 0 Å². The number of anilines is 1. The molecule has 7 nitrogen and oxygen atoms in total. The van der Waals surface area contributed by atoms with Crippen molar-refractivity contribution in [3.8, 4) is 0 Å². The fraction of sp³-hybridized carbons (Fsp3) is 0.318. The quantitative estimate of drug-likeness (QED) is 0.701.